The second kappa shape index (κ2) is 9.95. The topological polar surface area (TPSA) is 109 Å². The Morgan fingerprint density at radius 1 is 1.09 bits per heavy atom. The van der Waals surface area contributed by atoms with Gasteiger partial charge in [-0.15, -0.1) is 0 Å². The van der Waals surface area contributed by atoms with E-state index in [1.807, 2.05) is 0 Å². The highest BCUT2D eigenvalue weighted by atomic mass is 19.1. The number of H-pyrrole nitrogens is 1. The second-order valence-electron chi connectivity index (χ2n) is 9.22. The Bertz CT molecular complexity index is 1410. The van der Waals surface area contributed by atoms with Crippen LogP contribution in [0.5, 0.6) is 0 Å². The second-order valence-corrected chi connectivity index (χ2v) is 9.22. The number of nitrogens with zero attached hydrogens (tertiary/aromatic N) is 2. The van der Waals surface area contributed by atoms with Crippen LogP contribution in [0.3, 0.4) is 0 Å². The van der Waals surface area contributed by atoms with Crippen molar-refractivity contribution in [2.75, 3.05) is 5.32 Å². The quantitative estimate of drug-likeness (QED) is 0.473. The number of nitrogens with one attached hydrogen (secondary N) is 3. The summed E-state index contributed by atoms with van der Waals surface area (Å²) in [5.41, 5.74) is 2.22. The third-order valence-electron chi connectivity index (χ3n) is 6.85. The molecule has 9 heteroatoms. The molecule has 0 radical (unpaired) electrons. The van der Waals surface area contributed by atoms with Crippen LogP contribution in [0.1, 0.15) is 49.9 Å². The molecule has 2 aromatic heterocycles. The minimum Gasteiger partial charge on any atom is -0.310 e. The number of pyridine rings is 1. The number of allylic oxidation sites excluding steroid dienone is 2. The minimum absolute atomic E-state index is 0.112. The van der Waals surface area contributed by atoms with Gasteiger partial charge in [-0.1, -0.05) is 11.6 Å². The van der Waals surface area contributed by atoms with Crippen molar-refractivity contribution in [2.24, 2.45) is 0 Å². The number of aromatic amines is 1. The van der Waals surface area contributed by atoms with Crippen molar-refractivity contribution < 1.29 is 9.18 Å². The molecule has 0 bridgehead atoms. The SMILES string of the molecule is O=C1CCc2c(nc(CNC3CCC(=CCCn4c(=O)ccc5ccc(F)cc54)CC3)[nH]c2=O)N1. The summed E-state index contributed by atoms with van der Waals surface area (Å²) in [6.07, 6.45) is 7.50. The van der Waals surface area contributed by atoms with Crippen LogP contribution in [0, 0.1) is 5.82 Å². The van der Waals surface area contributed by atoms with Crippen molar-refractivity contribution in [3.63, 3.8) is 0 Å². The molecule has 1 aromatic carbocycles. The lowest BCUT2D eigenvalue weighted by Crippen LogP contribution is -2.34. The molecule has 0 spiro atoms. The number of carbonyl (C=O) groups is 1. The van der Waals surface area contributed by atoms with E-state index in [0.29, 0.717) is 54.7 Å². The van der Waals surface area contributed by atoms with Crippen LogP contribution in [0.2, 0.25) is 0 Å². The van der Waals surface area contributed by atoms with E-state index in [1.54, 1.807) is 16.7 Å². The van der Waals surface area contributed by atoms with E-state index in [2.05, 4.69) is 26.7 Å². The zero-order valence-electron chi connectivity index (χ0n) is 19.4. The van der Waals surface area contributed by atoms with E-state index in [1.165, 1.54) is 23.8 Å². The summed E-state index contributed by atoms with van der Waals surface area (Å²) in [5.74, 6) is 0.442. The maximum Gasteiger partial charge on any atom is 0.256 e. The van der Waals surface area contributed by atoms with Crippen molar-refractivity contribution >= 4 is 22.6 Å². The van der Waals surface area contributed by atoms with Crippen molar-refractivity contribution in [3.8, 4) is 0 Å². The molecule has 182 valence electrons. The van der Waals surface area contributed by atoms with Gasteiger partial charge in [-0.25, -0.2) is 9.37 Å². The number of aromatic nitrogens is 3. The molecule has 0 saturated heterocycles. The van der Waals surface area contributed by atoms with E-state index in [0.717, 1.165) is 37.5 Å². The highest BCUT2D eigenvalue weighted by molar-refractivity contribution is 5.92. The van der Waals surface area contributed by atoms with E-state index in [9.17, 15) is 18.8 Å². The van der Waals surface area contributed by atoms with Crippen molar-refractivity contribution in [3.05, 3.63) is 79.9 Å². The largest absolute Gasteiger partial charge is 0.310 e. The number of aryl methyl sites for hydroxylation is 1. The van der Waals surface area contributed by atoms with Gasteiger partial charge in [0.1, 0.15) is 17.5 Å². The number of carbonyl (C=O) groups excluding carboxylic acids is 1. The number of hydrogen-bond acceptors (Lipinski definition) is 5. The van der Waals surface area contributed by atoms with Crippen molar-refractivity contribution in [2.45, 2.75) is 64.1 Å². The summed E-state index contributed by atoms with van der Waals surface area (Å²) in [7, 11) is 0. The summed E-state index contributed by atoms with van der Waals surface area (Å²) < 4.78 is 15.3. The van der Waals surface area contributed by atoms with Crippen LogP contribution in [-0.4, -0.2) is 26.5 Å². The van der Waals surface area contributed by atoms with E-state index in [-0.39, 0.29) is 22.8 Å². The van der Waals surface area contributed by atoms with Gasteiger partial charge in [-0.2, -0.15) is 0 Å². The van der Waals surface area contributed by atoms with Crippen LogP contribution in [0.15, 0.2) is 51.6 Å². The standard InChI is InChI=1S/C26H28FN5O3/c27-18-7-5-17-6-12-24(34)32(21(17)14-18)13-1-2-16-3-8-19(9-4-16)28-15-22-29-25-20(26(35)30-22)10-11-23(33)31-25/h2,5-7,12,14,19,28H,1,3-4,8-11,13,15H2,(H2,29,30,31,33,35). The Kier molecular flexibility index (Phi) is 6.59. The molecule has 3 aromatic rings. The molecule has 35 heavy (non-hydrogen) atoms. The molecule has 8 nitrogen and oxygen atoms in total. The first-order chi connectivity index (χ1) is 17.0. The van der Waals surface area contributed by atoms with Gasteiger partial charge in [0.2, 0.25) is 5.91 Å². The molecule has 0 atom stereocenters. The molecule has 1 saturated carbocycles. The van der Waals surface area contributed by atoms with Gasteiger partial charge in [-0.3, -0.25) is 14.4 Å². The average molecular weight is 478 g/mol. The summed E-state index contributed by atoms with van der Waals surface area (Å²) >= 11 is 0. The molecular weight excluding hydrogens is 449 g/mol. The van der Waals surface area contributed by atoms with Crippen LogP contribution < -0.4 is 21.8 Å². The first-order valence-corrected chi connectivity index (χ1v) is 12.1. The number of rotatable bonds is 6. The zero-order valence-corrected chi connectivity index (χ0v) is 19.4. The van der Waals surface area contributed by atoms with Gasteiger partial charge in [0.05, 0.1) is 17.6 Å². The number of amides is 1. The van der Waals surface area contributed by atoms with Crippen LogP contribution in [0.25, 0.3) is 10.9 Å². The monoisotopic (exact) mass is 477 g/mol. The third kappa shape index (κ3) is 5.24. The summed E-state index contributed by atoms with van der Waals surface area (Å²) in [6, 6.07) is 8.08. The molecule has 1 fully saturated rings. The van der Waals surface area contributed by atoms with E-state index >= 15 is 0 Å². The highest BCUT2D eigenvalue weighted by Gasteiger charge is 2.21. The molecule has 2 aliphatic rings. The molecule has 1 aliphatic heterocycles. The Morgan fingerprint density at radius 2 is 1.89 bits per heavy atom. The van der Waals surface area contributed by atoms with Gasteiger partial charge < -0.3 is 20.2 Å². The first kappa shape index (κ1) is 23.2. The van der Waals surface area contributed by atoms with Crippen LogP contribution in [0.4, 0.5) is 10.2 Å². The third-order valence-corrected chi connectivity index (χ3v) is 6.85. The van der Waals surface area contributed by atoms with Crippen molar-refractivity contribution in [1.82, 2.24) is 19.9 Å². The van der Waals surface area contributed by atoms with Gasteiger partial charge >= 0.3 is 0 Å². The van der Waals surface area contributed by atoms with Gasteiger partial charge in [0.15, 0.2) is 0 Å². The molecule has 1 aliphatic carbocycles. The Morgan fingerprint density at radius 3 is 2.71 bits per heavy atom. The molecule has 3 heterocycles. The van der Waals surface area contributed by atoms with Gasteiger partial charge in [0.25, 0.3) is 11.1 Å². The van der Waals surface area contributed by atoms with Gasteiger partial charge in [-0.05, 0) is 68.2 Å². The number of benzene rings is 1. The van der Waals surface area contributed by atoms with E-state index < -0.39 is 0 Å². The zero-order chi connectivity index (χ0) is 24.4. The first-order valence-electron chi connectivity index (χ1n) is 12.1. The maximum atomic E-state index is 13.7. The summed E-state index contributed by atoms with van der Waals surface area (Å²) in [4.78, 5) is 43.5. The lowest BCUT2D eigenvalue weighted by molar-refractivity contribution is -0.116. The fourth-order valence-electron chi connectivity index (χ4n) is 4.92. The number of halogens is 1. The summed E-state index contributed by atoms with van der Waals surface area (Å²) in [6.45, 7) is 0.946. The fourth-order valence-corrected chi connectivity index (χ4v) is 4.92. The lowest BCUT2D eigenvalue weighted by Gasteiger charge is -2.25. The van der Waals surface area contributed by atoms with Crippen LogP contribution in [-0.2, 0) is 24.3 Å². The predicted octanol–water partition coefficient (Wildman–Crippen LogP) is 3.16. The van der Waals surface area contributed by atoms with Crippen LogP contribution >= 0.6 is 0 Å². The molecule has 1 amide bonds. The minimum atomic E-state index is -0.347. The maximum absolute atomic E-state index is 13.7. The highest BCUT2D eigenvalue weighted by Crippen LogP contribution is 2.24. The molecule has 0 unspecified atom stereocenters. The number of hydrogen-bond donors (Lipinski definition) is 3. The average Bonchev–Trinajstić information content (AvgIpc) is 2.84. The smallest absolute Gasteiger partial charge is 0.256 e. The number of fused-ring (bicyclic) bond motifs is 2. The van der Waals surface area contributed by atoms with Crippen molar-refractivity contribution in [1.29, 1.82) is 0 Å². The Balaban J connectivity index is 1.14. The predicted molar refractivity (Wildman–Crippen MR) is 132 cm³/mol. The van der Waals surface area contributed by atoms with Gasteiger partial charge in [0, 0.05) is 25.1 Å². The molecule has 3 N–H and O–H groups in total. The lowest BCUT2D eigenvalue weighted by atomic mass is 9.90. The number of anilines is 1. The fraction of sp³-hybridized carbons (Fsp3) is 0.385. The Hall–Kier alpha value is -3.59. The summed E-state index contributed by atoms with van der Waals surface area (Å²) in [5, 5.41) is 7.00. The Labute approximate surface area is 201 Å². The normalized spacial score (nSPS) is 17.8. The molecule has 5 rings (SSSR count). The van der Waals surface area contributed by atoms with E-state index in [4.69, 9.17) is 0 Å². The molecular formula is C26H28FN5O3.